The van der Waals surface area contributed by atoms with Crippen molar-refractivity contribution >= 4 is 11.6 Å². The second-order valence-corrected chi connectivity index (χ2v) is 5.75. The number of nitrogens with two attached hydrogens (primary N) is 1. The van der Waals surface area contributed by atoms with Gasteiger partial charge in [-0.05, 0) is 38.2 Å². The Bertz CT molecular complexity index is 422. The first kappa shape index (κ1) is 13.8. The number of aryl methyl sites for hydroxylation is 1. The van der Waals surface area contributed by atoms with Crippen LogP contribution in [0.2, 0.25) is 5.02 Å². The van der Waals surface area contributed by atoms with Crippen LogP contribution >= 0.6 is 11.6 Å². The van der Waals surface area contributed by atoms with Crippen molar-refractivity contribution < 1.29 is 0 Å². The summed E-state index contributed by atoms with van der Waals surface area (Å²) in [5, 5.41) is 0.801. The molecule has 18 heavy (non-hydrogen) atoms. The molecule has 0 aromatic heterocycles. The standard InChI is InChI=1S/C14H22ClN3/c1-10-4-5-11(8-12(10)15)14(16)13-9-17(2)6-7-18(13)3/h4-5,8,13-14H,6-7,9,16H2,1-3H3. The molecule has 2 N–H and O–H groups in total. The molecular weight excluding hydrogens is 246 g/mol. The van der Waals surface area contributed by atoms with Crippen LogP contribution in [0, 0.1) is 6.92 Å². The molecule has 100 valence electrons. The molecule has 1 aliphatic rings. The highest BCUT2D eigenvalue weighted by molar-refractivity contribution is 6.31. The van der Waals surface area contributed by atoms with Crippen LogP contribution in [0.25, 0.3) is 0 Å². The first-order valence-electron chi connectivity index (χ1n) is 6.39. The molecule has 0 saturated carbocycles. The minimum absolute atomic E-state index is 0.0100. The van der Waals surface area contributed by atoms with E-state index >= 15 is 0 Å². The monoisotopic (exact) mass is 267 g/mol. The zero-order valence-electron chi connectivity index (χ0n) is 11.4. The van der Waals surface area contributed by atoms with Crippen molar-refractivity contribution in [3.8, 4) is 0 Å². The van der Waals surface area contributed by atoms with Crippen LogP contribution in [0.5, 0.6) is 0 Å². The summed E-state index contributed by atoms with van der Waals surface area (Å²) in [4.78, 5) is 4.68. The Morgan fingerprint density at radius 2 is 2.06 bits per heavy atom. The number of benzene rings is 1. The quantitative estimate of drug-likeness (QED) is 0.888. The minimum Gasteiger partial charge on any atom is -0.323 e. The highest BCUT2D eigenvalue weighted by Gasteiger charge is 2.28. The molecule has 0 bridgehead atoms. The SMILES string of the molecule is Cc1ccc(C(N)C2CN(C)CCN2C)cc1Cl. The summed E-state index contributed by atoms with van der Waals surface area (Å²) in [5.74, 6) is 0. The summed E-state index contributed by atoms with van der Waals surface area (Å²) >= 11 is 6.18. The van der Waals surface area contributed by atoms with Crippen LogP contribution in [-0.2, 0) is 0 Å². The summed E-state index contributed by atoms with van der Waals surface area (Å²) in [7, 11) is 4.29. The molecule has 1 fully saturated rings. The number of piperazine rings is 1. The van der Waals surface area contributed by atoms with E-state index in [-0.39, 0.29) is 6.04 Å². The average Bonchev–Trinajstić information content (AvgIpc) is 2.35. The number of rotatable bonds is 2. The summed E-state index contributed by atoms with van der Waals surface area (Å²) in [6.45, 7) is 5.18. The Hall–Kier alpha value is -0.610. The van der Waals surface area contributed by atoms with Gasteiger partial charge >= 0.3 is 0 Å². The lowest BCUT2D eigenvalue weighted by atomic mass is 9.96. The number of nitrogens with zero attached hydrogens (tertiary/aromatic N) is 2. The fourth-order valence-corrected chi connectivity index (χ4v) is 2.66. The Morgan fingerprint density at radius 1 is 1.33 bits per heavy atom. The number of halogens is 1. The molecule has 1 heterocycles. The zero-order chi connectivity index (χ0) is 13.3. The first-order chi connectivity index (χ1) is 8.49. The summed E-state index contributed by atoms with van der Waals surface area (Å²) in [5.41, 5.74) is 8.64. The molecule has 4 heteroatoms. The van der Waals surface area contributed by atoms with Crippen molar-refractivity contribution in [3.05, 3.63) is 34.3 Å². The van der Waals surface area contributed by atoms with Crippen molar-refractivity contribution in [3.63, 3.8) is 0 Å². The van der Waals surface area contributed by atoms with Crippen LogP contribution in [0.3, 0.4) is 0 Å². The second-order valence-electron chi connectivity index (χ2n) is 5.34. The lowest BCUT2D eigenvalue weighted by molar-refractivity contribution is 0.0974. The molecule has 1 saturated heterocycles. The third-order valence-corrected chi connectivity index (χ3v) is 4.30. The van der Waals surface area contributed by atoms with Gasteiger partial charge < -0.3 is 10.6 Å². The van der Waals surface area contributed by atoms with Crippen molar-refractivity contribution in [2.24, 2.45) is 5.73 Å². The van der Waals surface area contributed by atoms with Gasteiger partial charge in [-0.2, -0.15) is 0 Å². The van der Waals surface area contributed by atoms with Gasteiger partial charge in [-0.25, -0.2) is 0 Å². The van der Waals surface area contributed by atoms with E-state index in [1.165, 1.54) is 0 Å². The third-order valence-electron chi connectivity index (χ3n) is 3.89. The van der Waals surface area contributed by atoms with E-state index in [0.717, 1.165) is 35.8 Å². The van der Waals surface area contributed by atoms with E-state index in [0.29, 0.717) is 6.04 Å². The zero-order valence-corrected chi connectivity index (χ0v) is 12.1. The van der Waals surface area contributed by atoms with E-state index in [4.69, 9.17) is 17.3 Å². The van der Waals surface area contributed by atoms with E-state index < -0.39 is 0 Å². The maximum atomic E-state index is 6.41. The highest BCUT2D eigenvalue weighted by Crippen LogP contribution is 2.25. The van der Waals surface area contributed by atoms with E-state index in [9.17, 15) is 0 Å². The van der Waals surface area contributed by atoms with Gasteiger partial charge in [0.15, 0.2) is 0 Å². The fraction of sp³-hybridized carbons (Fsp3) is 0.571. The number of likely N-dealkylation sites (N-methyl/N-ethyl adjacent to an activating group) is 2. The van der Waals surface area contributed by atoms with Crippen molar-refractivity contribution in [1.29, 1.82) is 0 Å². The Balaban J connectivity index is 2.18. The van der Waals surface area contributed by atoms with Crippen LogP contribution in [0.15, 0.2) is 18.2 Å². The smallest absolute Gasteiger partial charge is 0.0466 e. The Morgan fingerprint density at radius 3 is 2.72 bits per heavy atom. The van der Waals surface area contributed by atoms with Crippen molar-refractivity contribution in [2.45, 2.75) is 19.0 Å². The molecule has 0 amide bonds. The molecule has 0 aliphatic carbocycles. The lowest BCUT2D eigenvalue weighted by Crippen LogP contribution is -2.54. The number of hydrogen-bond acceptors (Lipinski definition) is 3. The largest absolute Gasteiger partial charge is 0.323 e. The molecule has 1 aliphatic heterocycles. The summed E-state index contributed by atoms with van der Waals surface area (Å²) < 4.78 is 0. The molecule has 0 radical (unpaired) electrons. The maximum Gasteiger partial charge on any atom is 0.0466 e. The topological polar surface area (TPSA) is 32.5 Å². The molecule has 1 aromatic carbocycles. The number of hydrogen-bond donors (Lipinski definition) is 1. The van der Waals surface area contributed by atoms with Gasteiger partial charge in [0.1, 0.15) is 0 Å². The van der Waals surface area contributed by atoms with Crippen LogP contribution in [0.1, 0.15) is 17.2 Å². The Labute approximate surface area is 115 Å². The third kappa shape index (κ3) is 2.86. The normalized spacial score (nSPS) is 24.2. The van der Waals surface area contributed by atoms with E-state index in [2.05, 4.69) is 30.0 Å². The Kier molecular flexibility index (Phi) is 4.28. The summed E-state index contributed by atoms with van der Waals surface area (Å²) in [6, 6.07) is 6.50. The van der Waals surface area contributed by atoms with Crippen LogP contribution < -0.4 is 5.73 Å². The van der Waals surface area contributed by atoms with E-state index in [1.54, 1.807) is 0 Å². The first-order valence-corrected chi connectivity index (χ1v) is 6.77. The predicted molar refractivity (Wildman–Crippen MR) is 77.0 cm³/mol. The molecule has 2 unspecified atom stereocenters. The van der Waals surface area contributed by atoms with Crippen LogP contribution in [0.4, 0.5) is 0 Å². The van der Waals surface area contributed by atoms with Crippen LogP contribution in [-0.4, -0.2) is 49.6 Å². The van der Waals surface area contributed by atoms with Gasteiger partial charge in [-0.15, -0.1) is 0 Å². The predicted octanol–water partition coefficient (Wildman–Crippen LogP) is 1.89. The van der Waals surface area contributed by atoms with Gasteiger partial charge in [0.05, 0.1) is 0 Å². The molecule has 0 spiro atoms. The molecule has 1 aromatic rings. The van der Waals surface area contributed by atoms with Crippen molar-refractivity contribution in [2.75, 3.05) is 33.7 Å². The molecule has 2 rings (SSSR count). The van der Waals surface area contributed by atoms with Gasteiger partial charge in [0.25, 0.3) is 0 Å². The fourth-order valence-electron chi connectivity index (χ4n) is 2.47. The molecule has 2 atom stereocenters. The lowest BCUT2D eigenvalue weighted by Gasteiger charge is -2.40. The van der Waals surface area contributed by atoms with Gasteiger partial charge in [-0.3, -0.25) is 4.90 Å². The molecule has 3 nitrogen and oxygen atoms in total. The van der Waals surface area contributed by atoms with E-state index in [1.807, 2.05) is 19.1 Å². The minimum atomic E-state index is 0.0100. The highest BCUT2D eigenvalue weighted by atomic mass is 35.5. The van der Waals surface area contributed by atoms with Gasteiger partial charge in [0.2, 0.25) is 0 Å². The maximum absolute atomic E-state index is 6.41. The second kappa shape index (κ2) is 5.57. The van der Waals surface area contributed by atoms with Crippen molar-refractivity contribution in [1.82, 2.24) is 9.80 Å². The molecular formula is C14H22ClN3. The van der Waals surface area contributed by atoms with Gasteiger partial charge in [0, 0.05) is 36.7 Å². The summed E-state index contributed by atoms with van der Waals surface area (Å²) in [6.07, 6.45) is 0. The average molecular weight is 268 g/mol. The van der Waals surface area contributed by atoms with Gasteiger partial charge in [-0.1, -0.05) is 23.7 Å².